The van der Waals surface area contributed by atoms with Crippen LogP contribution in [-0.4, -0.2) is 40.0 Å². The first-order valence-electron chi connectivity index (χ1n) is 11.9. The smallest absolute Gasteiger partial charge is 0.338 e. The number of nitrogens with one attached hydrogen (secondary N) is 1. The number of carbonyl (C=O) groups excluding carboxylic acids is 3. The molecule has 2 amide bonds. The summed E-state index contributed by atoms with van der Waals surface area (Å²) in [6.07, 6.45) is 5.31. The highest BCUT2D eigenvalue weighted by Crippen LogP contribution is 2.40. The number of para-hydroxylation sites is 2. The number of esters is 1. The van der Waals surface area contributed by atoms with Crippen molar-refractivity contribution < 1.29 is 19.1 Å². The van der Waals surface area contributed by atoms with Gasteiger partial charge in [0.05, 0.1) is 29.6 Å². The van der Waals surface area contributed by atoms with E-state index in [1.165, 1.54) is 6.42 Å². The van der Waals surface area contributed by atoms with Crippen molar-refractivity contribution in [1.29, 1.82) is 0 Å². The number of hydrogen-bond acceptors (Lipinski definition) is 5. The van der Waals surface area contributed by atoms with E-state index in [2.05, 4.69) is 5.32 Å². The van der Waals surface area contributed by atoms with E-state index >= 15 is 0 Å². The van der Waals surface area contributed by atoms with E-state index in [1.807, 2.05) is 33.7 Å². The van der Waals surface area contributed by atoms with Gasteiger partial charge in [0, 0.05) is 11.7 Å². The lowest BCUT2D eigenvalue weighted by molar-refractivity contribution is -0.125. The topological polar surface area (TPSA) is 93.5 Å². The Balaban J connectivity index is 1.37. The first-order valence-corrected chi connectivity index (χ1v) is 11.9. The molecular formula is C26H28N4O4. The molecule has 8 nitrogen and oxygen atoms in total. The van der Waals surface area contributed by atoms with Crippen LogP contribution in [0.2, 0.25) is 0 Å². The van der Waals surface area contributed by atoms with Crippen LogP contribution in [0.4, 0.5) is 11.6 Å². The van der Waals surface area contributed by atoms with Crippen molar-refractivity contribution >= 4 is 40.5 Å². The maximum atomic E-state index is 13.6. The first-order chi connectivity index (χ1) is 16.6. The molecule has 176 valence electrons. The van der Waals surface area contributed by atoms with E-state index in [9.17, 15) is 14.4 Å². The predicted octanol–water partition coefficient (Wildman–Crippen LogP) is 4.46. The van der Waals surface area contributed by atoms with Crippen LogP contribution in [-0.2, 0) is 14.3 Å². The fraction of sp³-hybridized carbons (Fsp3) is 0.385. The Morgan fingerprint density at radius 1 is 1.06 bits per heavy atom. The highest BCUT2D eigenvalue weighted by Gasteiger charge is 2.44. The zero-order valence-corrected chi connectivity index (χ0v) is 19.2. The van der Waals surface area contributed by atoms with E-state index in [-0.39, 0.29) is 24.3 Å². The molecule has 0 saturated heterocycles. The number of ether oxygens (including phenoxy) is 1. The lowest BCUT2D eigenvalue weighted by Crippen LogP contribution is -2.41. The largest absolute Gasteiger partial charge is 0.462 e. The molecule has 1 aromatic heterocycles. The third-order valence-electron chi connectivity index (χ3n) is 6.63. The summed E-state index contributed by atoms with van der Waals surface area (Å²) in [7, 11) is 0. The summed E-state index contributed by atoms with van der Waals surface area (Å²) in [6.45, 7) is 2.05. The van der Waals surface area contributed by atoms with Crippen molar-refractivity contribution in [2.75, 3.05) is 16.8 Å². The maximum absolute atomic E-state index is 13.6. The van der Waals surface area contributed by atoms with Crippen LogP contribution in [0.3, 0.4) is 0 Å². The van der Waals surface area contributed by atoms with Crippen LogP contribution in [0.1, 0.15) is 61.8 Å². The van der Waals surface area contributed by atoms with Gasteiger partial charge in [-0.3, -0.25) is 19.1 Å². The molecule has 1 aliphatic heterocycles. The monoisotopic (exact) mass is 460 g/mol. The maximum Gasteiger partial charge on any atom is 0.338 e. The molecule has 34 heavy (non-hydrogen) atoms. The van der Waals surface area contributed by atoms with Gasteiger partial charge in [-0.05, 0) is 56.2 Å². The number of anilines is 2. The summed E-state index contributed by atoms with van der Waals surface area (Å²) in [5, 5.41) is 2.86. The predicted molar refractivity (Wildman–Crippen MR) is 129 cm³/mol. The molecular weight excluding hydrogens is 432 g/mol. The molecule has 1 atom stereocenters. The minimum atomic E-state index is -0.636. The molecule has 1 N–H and O–H groups in total. The van der Waals surface area contributed by atoms with Crippen molar-refractivity contribution in [3.05, 3.63) is 54.1 Å². The van der Waals surface area contributed by atoms with Crippen molar-refractivity contribution in [3.63, 3.8) is 0 Å². The Bertz CT molecular complexity index is 1230. The van der Waals surface area contributed by atoms with E-state index < -0.39 is 12.0 Å². The summed E-state index contributed by atoms with van der Waals surface area (Å²) in [5.74, 6) is -0.0849. The van der Waals surface area contributed by atoms with Gasteiger partial charge >= 0.3 is 5.97 Å². The molecule has 5 rings (SSSR count). The minimum absolute atomic E-state index is 0.00896. The quantitative estimate of drug-likeness (QED) is 0.548. The van der Waals surface area contributed by atoms with Crippen LogP contribution < -0.4 is 10.2 Å². The van der Waals surface area contributed by atoms with Gasteiger partial charge < -0.3 is 10.1 Å². The van der Waals surface area contributed by atoms with E-state index in [1.54, 1.807) is 31.2 Å². The Morgan fingerprint density at radius 2 is 1.79 bits per heavy atom. The number of nitrogens with zero attached hydrogens (tertiary/aromatic N) is 3. The molecule has 1 aliphatic carbocycles. The normalized spacial score (nSPS) is 18.2. The van der Waals surface area contributed by atoms with Crippen molar-refractivity contribution in [2.24, 2.45) is 0 Å². The third kappa shape index (κ3) is 4.04. The fourth-order valence-electron chi connectivity index (χ4n) is 5.03. The number of amides is 2. The summed E-state index contributed by atoms with van der Waals surface area (Å²) in [4.78, 5) is 45.0. The van der Waals surface area contributed by atoms with Gasteiger partial charge in [-0.25, -0.2) is 9.78 Å². The van der Waals surface area contributed by atoms with Crippen molar-refractivity contribution in [2.45, 2.75) is 57.5 Å². The number of aromatic nitrogens is 2. The van der Waals surface area contributed by atoms with Gasteiger partial charge in [-0.15, -0.1) is 0 Å². The Labute approximate surface area is 197 Å². The second-order valence-electron chi connectivity index (χ2n) is 8.84. The molecule has 0 radical (unpaired) electrons. The summed E-state index contributed by atoms with van der Waals surface area (Å²) in [6, 6.07) is 13.8. The minimum Gasteiger partial charge on any atom is -0.462 e. The van der Waals surface area contributed by atoms with E-state index in [0.717, 1.165) is 36.7 Å². The average Bonchev–Trinajstić information content (AvgIpc) is 3.34. The molecule has 1 saturated carbocycles. The highest BCUT2D eigenvalue weighted by atomic mass is 16.5. The Hall–Kier alpha value is -3.68. The molecule has 0 spiro atoms. The molecule has 3 aromatic rings. The van der Waals surface area contributed by atoms with Crippen LogP contribution >= 0.6 is 0 Å². The van der Waals surface area contributed by atoms with Gasteiger partial charge in [-0.1, -0.05) is 31.4 Å². The molecule has 1 fully saturated rings. The molecule has 0 bridgehead atoms. The lowest BCUT2D eigenvalue weighted by atomic mass is 9.94. The van der Waals surface area contributed by atoms with E-state index in [0.29, 0.717) is 23.8 Å². The molecule has 8 heteroatoms. The molecule has 2 aromatic carbocycles. The second-order valence-corrected chi connectivity index (χ2v) is 8.84. The number of benzene rings is 2. The number of carbonyl (C=O) groups is 3. The third-order valence-corrected chi connectivity index (χ3v) is 6.63. The van der Waals surface area contributed by atoms with Crippen LogP contribution in [0.5, 0.6) is 0 Å². The average molecular weight is 461 g/mol. The van der Waals surface area contributed by atoms with Gasteiger partial charge in [0.25, 0.3) is 5.91 Å². The summed E-state index contributed by atoms with van der Waals surface area (Å²) < 4.78 is 6.92. The molecule has 2 heterocycles. The summed E-state index contributed by atoms with van der Waals surface area (Å²) >= 11 is 0. The van der Waals surface area contributed by atoms with Crippen LogP contribution in [0.15, 0.2) is 48.5 Å². The number of imidazole rings is 1. The van der Waals surface area contributed by atoms with Crippen molar-refractivity contribution in [1.82, 2.24) is 9.55 Å². The van der Waals surface area contributed by atoms with Gasteiger partial charge in [0.2, 0.25) is 11.9 Å². The SMILES string of the molecule is CCOC(=O)c1ccc(NC(=O)C[C@@H]2C(=O)N(C3CCCCC3)c3nc4ccccc4n32)cc1. The highest BCUT2D eigenvalue weighted by molar-refractivity contribution is 6.05. The van der Waals surface area contributed by atoms with Gasteiger partial charge in [-0.2, -0.15) is 0 Å². The van der Waals surface area contributed by atoms with Crippen LogP contribution in [0, 0.1) is 0 Å². The molecule has 2 aliphatic rings. The van der Waals surface area contributed by atoms with E-state index in [4.69, 9.17) is 9.72 Å². The van der Waals surface area contributed by atoms with Crippen molar-refractivity contribution in [3.8, 4) is 0 Å². The first kappa shape index (κ1) is 22.1. The fourth-order valence-corrected chi connectivity index (χ4v) is 5.03. The van der Waals surface area contributed by atoms with Gasteiger partial charge in [0.15, 0.2) is 0 Å². The van der Waals surface area contributed by atoms with Gasteiger partial charge in [0.1, 0.15) is 6.04 Å². The zero-order valence-electron chi connectivity index (χ0n) is 19.2. The second kappa shape index (κ2) is 9.29. The standard InChI is InChI=1S/C26H28N4O4/c1-2-34-25(33)17-12-14-18(15-13-17)27-23(31)16-22-24(32)29(19-8-4-3-5-9-19)26-28-20-10-6-7-11-21(20)30(22)26/h6-7,10-15,19,22H,2-5,8-9,16H2,1H3,(H,27,31)/t22-/m1/s1. The Kier molecular flexibility index (Phi) is 6.04. The number of hydrogen-bond donors (Lipinski definition) is 1. The number of fused-ring (bicyclic) bond motifs is 3. The van der Waals surface area contributed by atoms with Crippen LogP contribution in [0.25, 0.3) is 11.0 Å². The molecule has 0 unspecified atom stereocenters. The zero-order chi connectivity index (χ0) is 23.7. The Morgan fingerprint density at radius 3 is 2.53 bits per heavy atom. The lowest BCUT2D eigenvalue weighted by Gasteiger charge is -2.30. The number of rotatable bonds is 6. The summed E-state index contributed by atoms with van der Waals surface area (Å²) in [5.41, 5.74) is 2.67.